The predicted octanol–water partition coefficient (Wildman–Crippen LogP) is 1.07. The average molecular weight is 148 g/mol. The van der Waals surface area contributed by atoms with Crippen molar-refractivity contribution in [1.82, 2.24) is 0 Å². The third-order valence-corrected chi connectivity index (χ3v) is 2.62. The highest BCUT2D eigenvalue weighted by Crippen LogP contribution is 2.39. The molecular weight excluding hydrogens is 136 g/mol. The fraction of sp³-hybridized carbons (Fsp3) is 1.00. The van der Waals surface area contributed by atoms with Crippen molar-refractivity contribution in [3.8, 4) is 0 Å². The van der Waals surface area contributed by atoms with Gasteiger partial charge in [0.15, 0.2) is 5.79 Å². The number of methoxy groups -OCH3 is 2. The maximum atomic E-state index is 5.14. The van der Waals surface area contributed by atoms with Crippen LogP contribution in [0, 0.1) is 0 Å². The Hall–Kier alpha value is 0.270. The normalized spacial score (nSPS) is 31.7. The van der Waals surface area contributed by atoms with E-state index < -0.39 is 0 Å². The van der Waals surface area contributed by atoms with E-state index in [1.807, 2.05) is 0 Å². The second kappa shape index (κ2) is 2.48. The lowest BCUT2D eigenvalue weighted by Crippen LogP contribution is -2.51. The van der Waals surface area contributed by atoms with Gasteiger partial charge in [0.1, 0.15) is 0 Å². The second-order valence-corrected chi connectivity index (χ2v) is 2.90. The summed E-state index contributed by atoms with van der Waals surface area (Å²) in [5, 5.41) is 0.257. The third kappa shape index (κ3) is 0.974. The van der Waals surface area contributed by atoms with Crippen LogP contribution in [0.4, 0.5) is 0 Å². The molecule has 0 heterocycles. The minimum Gasteiger partial charge on any atom is -0.352 e. The molecule has 0 bridgehead atoms. The Labute approximate surface area is 60.9 Å². The first-order chi connectivity index (χ1) is 4.25. The van der Waals surface area contributed by atoms with E-state index in [-0.39, 0.29) is 11.0 Å². The molecule has 1 fully saturated rings. The Morgan fingerprint density at radius 2 is 2.00 bits per heavy atom. The van der Waals surface area contributed by atoms with E-state index in [0.717, 1.165) is 12.8 Å². The van der Waals surface area contributed by atoms with Gasteiger partial charge in [0.25, 0.3) is 0 Å². The van der Waals surface area contributed by atoms with Gasteiger partial charge in [0.2, 0.25) is 0 Å². The maximum absolute atomic E-state index is 5.14. The van der Waals surface area contributed by atoms with E-state index in [4.69, 9.17) is 9.47 Å². The Morgan fingerprint density at radius 1 is 1.44 bits per heavy atom. The standard InChI is InChI=1S/C6H12O2S/c1-7-6(8-2)4-3-5(6)9/h5,9H,3-4H2,1-2H3. The summed E-state index contributed by atoms with van der Waals surface area (Å²) in [6.07, 6.45) is 2.05. The van der Waals surface area contributed by atoms with Gasteiger partial charge in [-0.1, -0.05) is 0 Å². The van der Waals surface area contributed by atoms with Gasteiger partial charge >= 0.3 is 0 Å². The van der Waals surface area contributed by atoms with Crippen LogP contribution in [-0.2, 0) is 9.47 Å². The predicted molar refractivity (Wildman–Crippen MR) is 38.8 cm³/mol. The molecule has 0 amide bonds. The number of ether oxygens (including phenoxy) is 2. The molecule has 1 aliphatic rings. The monoisotopic (exact) mass is 148 g/mol. The van der Waals surface area contributed by atoms with E-state index in [9.17, 15) is 0 Å². The van der Waals surface area contributed by atoms with Gasteiger partial charge in [-0.15, -0.1) is 0 Å². The molecule has 1 unspecified atom stereocenters. The first-order valence-corrected chi connectivity index (χ1v) is 3.55. The number of hydrogen-bond donors (Lipinski definition) is 1. The summed E-state index contributed by atoms with van der Waals surface area (Å²) < 4.78 is 10.3. The lowest BCUT2D eigenvalue weighted by molar-refractivity contribution is -0.243. The van der Waals surface area contributed by atoms with E-state index in [0.29, 0.717) is 0 Å². The summed E-state index contributed by atoms with van der Waals surface area (Å²) in [5.41, 5.74) is 0. The highest BCUT2D eigenvalue weighted by molar-refractivity contribution is 7.81. The summed E-state index contributed by atoms with van der Waals surface area (Å²) >= 11 is 4.28. The smallest absolute Gasteiger partial charge is 0.179 e. The number of thiol groups is 1. The van der Waals surface area contributed by atoms with Crippen LogP contribution in [0.15, 0.2) is 0 Å². The first-order valence-electron chi connectivity index (χ1n) is 3.03. The Bertz CT molecular complexity index is 95.7. The minimum absolute atomic E-state index is 0.257. The van der Waals surface area contributed by atoms with Gasteiger partial charge in [0, 0.05) is 20.6 Å². The molecule has 0 aliphatic heterocycles. The SMILES string of the molecule is COC1(OC)CCC1S. The third-order valence-electron chi connectivity index (χ3n) is 1.96. The molecule has 0 spiro atoms. The fourth-order valence-electron chi connectivity index (χ4n) is 1.07. The van der Waals surface area contributed by atoms with Crippen molar-refractivity contribution in [1.29, 1.82) is 0 Å². The number of rotatable bonds is 2. The van der Waals surface area contributed by atoms with Crippen molar-refractivity contribution in [3.63, 3.8) is 0 Å². The van der Waals surface area contributed by atoms with Crippen molar-refractivity contribution in [2.75, 3.05) is 14.2 Å². The summed E-state index contributed by atoms with van der Waals surface area (Å²) in [5.74, 6) is -0.372. The molecule has 1 atom stereocenters. The van der Waals surface area contributed by atoms with Crippen molar-refractivity contribution in [2.45, 2.75) is 23.9 Å². The Kier molecular flexibility index (Phi) is 2.03. The van der Waals surface area contributed by atoms with E-state index >= 15 is 0 Å². The van der Waals surface area contributed by atoms with Crippen molar-refractivity contribution in [2.24, 2.45) is 0 Å². The van der Waals surface area contributed by atoms with Crippen LogP contribution in [-0.4, -0.2) is 25.3 Å². The molecular formula is C6H12O2S. The highest BCUT2D eigenvalue weighted by Gasteiger charge is 2.45. The summed E-state index contributed by atoms with van der Waals surface area (Å²) in [4.78, 5) is 0. The highest BCUT2D eigenvalue weighted by atomic mass is 32.1. The van der Waals surface area contributed by atoms with Crippen LogP contribution in [0.3, 0.4) is 0 Å². The topological polar surface area (TPSA) is 18.5 Å². The molecule has 9 heavy (non-hydrogen) atoms. The quantitative estimate of drug-likeness (QED) is 0.466. The van der Waals surface area contributed by atoms with Gasteiger partial charge < -0.3 is 9.47 Å². The largest absolute Gasteiger partial charge is 0.352 e. The van der Waals surface area contributed by atoms with Gasteiger partial charge in [-0.05, 0) is 6.42 Å². The Morgan fingerprint density at radius 3 is 2.00 bits per heavy atom. The molecule has 3 heteroatoms. The molecule has 2 nitrogen and oxygen atoms in total. The van der Waals surface area contributed by atoms with Crippen molar-refractivity contribution < 1.29 is 9.47 Å². The molecule has 0 aromatic carbocycles. The van der Waals surface area contributed by atoms with Gasteiger partial charge in [-0.3, -0.25) is 0 Å². The van der Waals surface area contributed by atoms with Gasteiger partial charge in [-0.2, -0.15) is 12.6 Å². The van der Waals surface area contributed by atoms with Gasteiger partial charge in [-0.25, -0.2) is 0 Å². The van der Waals surface area contributed by atoms with E-state index in [2.05, 4.69) is 12.6 Å². The van der Waals surface area contributed by atoms with Crippen LogP contribution < -0.4 is 0 Å². The number of hydrogen-bond acceptors (Lipinski definition) is 3. The first kappa shape index (κ1) is 7.38. The minimum atomic E-state index is -0.372. The molecule has 0 N–H and O–H groups in total. The lowest BCUT2D eigenvalue weighted by Gasteiger charge is -2.44. The summed E-state index contributed by atoms with van der Waals surface area (Å²) in [7, 11) is 3.32. The van der Waals surface area contributed by atoms with Crippen molar-refractivity contribution in [3.05, 3.63) is 0 Å². The van der Waals surface area contributed by atoms with Crippen LogP contribution in [0.5, 0.6) is 0 Å². The molecule has 0 saturated heterocycles. The average Bonchev–Trinajstić information content (AvgIpc) is 1.89. The van der Waals surface area contributed by atoms with Crippen LogP contribution >= 0.6 is 12.6 Å². The van der Waals surface area contributed by atoms with Crippen LogP contribution in [0.25, 0.3) is 0 Å². The molecule has 0 aromatic rings. The van der Waals surface area contributed by atoms with E-state index in [1.165, 1.54) is 0 Å². The zero-order valence-electron chi connectivity index (χ0n) is 5.76. The summed E-state index contributed by atoms with van der Waals surface area (Å²) in [6, 6.07) is 0. The maximum Gasteiger partial charge on any atom is 0.179 e. The zero-order chi connectivity index (χ0) is 6.91. The summed E-state index contributed by atoms with van der Waals surface area (Å²) in [6.45, 7) is 0. The zero-order valence-corrected chi connectivity index (χ0v) is 6.65. The van der Waals surface area contributed by atoms with Crippen LogP contribution in [0.2, 0.25) is 0 Å². The molecule has 1 aliphatic carbocycles. The fourth-order valence-corrected chi connectivity index (χ4v) is 1.54. The molecule has 0 radical (unpaired) electrons. The Balaban J connectivity index is 2.48. The molecule has 0 aromatic heterocycles. The van der Waals surface area contributed by atoms with Gasteiger partial charge in [0.05, 0.1) is 5.25 Å². The lowest BCUT2D eigenvalue weighted by atomic mass is 9.90. The van der Waals surface area contributed by atoms with Crippen LogP contribution in [0.1, 0.15) is 12.8 Å². The van der Waals surface area contributed by atoms with Crippen molar-refractivity contribution >= 4 is 12.6 Å². The molecule has 1 saturated carbocycles. The molecule has 54 valence electrons. The second-order valence-electron chi connectivity index (χ2n) is 2.27. The molecule has 1 rings (SSSR count). The van der Waals surface area contributed by atoms with E-state index in [1.54, 1.807) is 14.2 Å².